The van der Waals surface area contributed by atoms with E-state index in [0.29, 0.717) is 0 Å². The van der Waals surface area contributed by atoms with E-state index in [2.05, 4.69) is 11.1 Å². The van der Waals surface area contributed by atoms with Crippen molar-refractivity contribution in [3.8, 4) is 0 Å². The van der Waals surface area contributed by atoms with Crippen LogP contribution in [-0.4, -0.2) is 16.1 Å². The van der Waals surface area contributed by atoms with Crippen LogP contribution in [0, 0.1) is 17.3 Å². The van der Waals surface area contributed by atoms with Crippen molar-refractivity contribution in [2.45, 2.75) is 20.3 Å². The molecule has 2 unspecified atom stereocenters. The lowest BCUT2D eigenvalue weighted by Crippen LogP contribution is -2.03. The highest BCUT2D eigenvalue weighted by Gasteiger charge is 2.61. The summed E-state index contributed by atoms with van der Waals surface area (Å²) in [5, 5.41) is 10.4. The Morgan fingerprint density at radius 1 is 1.39 bits per heavy atom. The van der Waals surface area contributed by atoms with Gasteiger partial charge in [0.25, 0.3) is 0 Å². The maximum atomic E-state index is 11.2. The molecule has 0 bridgehead atoms. The number of aliphatic carboxylic acids is 1. The van der Waals surface area contributed by atoms with Crippen LogP contribution in [0.15, 0.2) is 30.5 Å². The van der Waals surface area contributed by atoms with Crippen LogP contribution in [0.4, 0.5) is 0 Å². The molecule has 3 nitrogen and oxygen atoms in total. The zero-order valence-electron chi connectivity index (χ0n) is 10.6. The third-order valence-electron chi connectivity index (χ3n) is 4.43. The maximum absolute atomic E-state index is 11.2. The molecule has 0 aliphatic heterocycles. The lowest BCUT2D eigenvalue weighted by molar-refractivity contribution is -0.139. The van der Waals surface area contributed by atoms with Crippen LogP contribution in [0.1, 0.15) is 19.4 Å². The molecule has 1 aromatic carbocycles. The Morgan fingerprint density at radius 3 is 2.78 bits per heavy atom. The first-order chi connectivity index (χ1) is 8.51. The maximum Gasteiger partial charge on any atom is 0.307 e. The SMILES string of the molecule is CC1(C)C(Cc2c[nH]c3ccccc23)C1C(=O)O. The Balaban J connectivity index is 1.88. The molecule has 0 radical (unpaired) electrons. The minimum Gasteiger partial charge on any atom is -0.481 e. The van der Waals surface area contributed by atoms with E-state index >= 15 is 0 Å². The standard InChI is InChI=1S/C15H17NO2/c1-15(2)11(13(15)14(17)18)7-9-8-16-12-6-4-3-5-10(9)12/h3-6,8,11,13,16H,7H2,1-2H3,(H,17,18). The summed E-state index contributed by atoms with van der Waals surface area (Å²) in [4.78, 5) is 14.4. The number of carboxylic acid groups (broad SMARTS) is 1. The number of carboxylic acids is 1. The van der Waals surface area contributed by atoms with Gasteiger partial charge in [-0.05, 0) is 29.4 Å². The Bertz CT molecular complexity index is 612. The van der Waals surface area contributed by atoms with Crippen LogP contribution in [0.3, 0.4) is 0 Å². The number of hydrogen-bond acceptors (Lipinski definition) is 1. The monoisotopic (exact) mass is 243 g/mol. The van der Waals surface area contributed by atoms with Gasteiger partial charge in [-0.2, -0.15) is 0 Å². The number of H-pyrrole nitrogens is 1. The second kappa shape index (κ2) is 3.61. The van der Waals surface area contributed by atoms with Crippen molar-refractivity contribution >= 4 is 16.9 Å². The van der Waals surface area contributed by atoms with Gasteiger partial charge >= 0.3 is 5.97 Å². The lowest BCUT2D eigenvalue weighted by atomic mass is 10.0. The van der Waals surface area contributed by atoms with Gasteiger partial charge in [0.05, 0.1) is 5.92 Å². The van der Waals surface area contributed by atoms with Crippen LogP contribution in [0.5, 0.6) is 0 Å². The minimum absolute atomic E-state index is 0.0792. The lowest BCUT2D eigenvalue weighted by Gasteiger charge is -2.01. The third kappa shape index (κ3) is 1.54. The Hall–Kier alpha value is -1.77. The number of para-hydroxylation sites is 1. The van der Waals surface area contributed by atoms with Crippen molar-refractivity contribution in [1.29, 1.82) is 0 Å². The summed E-state index contributed by atoms with van der Waals surface area (Å²) in [5.74, 6) is -0.620. The number of aromatic nitrogens is 1. The van der Waals surface area contributed by atoms with Crippen LogP contribution in [-0.2, 0) is 11.2 Å². The molecule has 1 heterocycles. The largest absolute Gasteiger partial charge is 0.481 e. The zero-order valence-corrected chi connectivity index (χ0v) is 10.6. The van der Waals surface area contributed by atoms with E-state index in [1.165, 1.54) is 10.9 Å². The molecule has 0 spiro atoms. The highest BCUT2D eigenvalue weighted by molar-refractivity contribution is 5.83. The normalized spacial score (nSPS) is 25.2. The Labute approximate surface area is 106 Å². The van der Waals surface area contributed by atoms with Crippen molar-refractivity contribution in [1.82, 2.24) is 4.98 Å². The first-order valence-electron chi connectivity index (χ1n) is 6.29. The summed E-state index contributed by atoms with van der Waals surface area (Å²) in [6, 6.07) is 8.16. The molecule has 1 aliphatic rings. The quantitative estimate of drug-likeness (QED) is 0.870. The van der Waals surface area contributed by atoms with E-state index in [9.17, 15) is 9.90 Å². The molecular formula is C15H17NO2. The molecule has 3 rings (SSSR count). The molecule has 1 fully saturated rings. The average molecular weight is 243 g/mol. The van der Waals surface area contributed by atoms with Crippen molar-refractivity contribution in [2.24, 2.45) is 17.3 Å². The number of nitrogens with one attached hydrogen (secondary N) is 1. The van der Waals surface area contributed by atoms with Gasteiger partial charge in [0.2, 0.25) is 0 Å². The Kier molecular flexibility index (Phi) is 2.27. The van der Waals surface area contributed by atoms with E-state index in [4.69, 9.17) is 0 Å². The van der Waals surface area contributed by atoms with E-state index in [1.807, 2.05) is 38.2 Å². The minimum atomic E-state index is -0.662. The van der Waals surface area contributed by atoms with E-state index in [-0.39, 0.29) is 17.3 Å². The predicted molar refractivity (Wildman–Crippen MR) is 70.4 cm³/mol. The topological polar surface area (TPSA) is 53.1 Å². The molecule has 1 aromatic heterocycles. The van der Waals surface area contributed by atoms with Crippen molar-refractivity contribution in [3.63, 3.8) is 0 Å². The summed E-state index contributed by atoms with van der Waals surface area (Å²) in [6.07, 6.45) is 2.85. The van der Waals surface area contributed by atoms with Crippen molar-refractivity contribution in [3.05, 3.63) is 36.0 Å². The number of hydrogen-bond donors (Lipinski definition) is 2. The van der Waals surface area contributed by atoms with Gasteiger partial charge in [-0.1, -0.05) is 32.0 Å². The summed E-state index contributed by atoms with van der Waals surface area (Å²) in [7, 11) is 0. The van der Waals surface area contributed by atoms with E-state index < -0.39 is 5.97 Å². The highest BCUT2D eigenvalue weighted by atomic mass is 16.4. The van der Waals surface area contributed by atoms with Crippen LogP contribution >= 0.6 is 0 Å². The predicted octanol–water partition coefficient (Wildman–Crippen LogP) is 3.07. The second-order valence-electron chi connectivity index (χ2n) is 5.81. The molecule has 3 heteroatoms. The summed E-state index contributed by atoms with van der Waals surface area (Å²) >= 11 is 0. The van der Waals surface area contributed by atoms with Crippen LogP contribution < -0.4 is 0 Å². The van der Waals surface area contributed by atoms with Crippen molar-refractivity contribution in [2.75, 3.05) is 0 Å². The number of carbonyl (C=O) groups is 1. The molecule has 1 saturated carbocycles. The molecule has 2 atom stereocenters. The molecular weight excluding hydrogens is 226 g/mol. The summed E-state index contributed by atoms with van der Waals surface area (Å²) in [6.45, 7) is 4.09. The zero-order chi connectivity index (χ0) is 12.9. The molecule has 94 valence electrons. The average Bonchev–Trinajstić information content (AvgIpc) is 2.69. The summed E-state index contributed by atoms with van der Waals surface area (Å²) < 4.78 is 0. The molecule has 0 saturated heterocycles. The molecule has 2 N–H and O–H groups in total. The Morgan fingerprint density at radius 2 is 2.11 bits per heavy atom. The van der Waals surface area contributed by atoms with Gasteiger partial charge < -0.3 is 10.1 Å². The van der Waals surface area contributed by atoms with Gasteiger partial charge in [0, 0.05) is 17.1 Å². The van der Waals surface area contributed by atoms with E-state index in [0.717, 1.165) is 11.9 Å². The van der Waals surface area contributed by atoms with Gasteiger partial charge in [0.1, 0.15) is 0 Å². The number of rotatable bonds is 3. The van der Waals surface area contributed by atoms with Gasteiger partial charge in [-0.15, -0.1) is 0 Å². The first kappa shape index (κ1) is 11.3. The fourth-order valence-electron chi connectivity index (χ4n) is 3.15. The fourth-order valence-corrected chi connectivity index (χ4v) is 3.15. The molecule has 2 aromatic rings. The third-order valence-corrected chi connectivity index (χ3v) is 4.43. The first-order valence-corrected chi connectivity index (χ1v) is 6.29. The fraction of sp³-hybridized carbons (Fsp3) is 0.400. The van der Waals surface area contributed by atoms with Gasteiger partial charge in [0.15, 0.2) is 0 Å². The van der Waals surface area contributed by atoms with E-state index in [1.54, 1.807) is 0 Å². The molecule has 0 amide bonds. The van der Waals surface area contributed by atoms with Crippen LogP contribution in [0.2, 0.25) is 0 Å². The highest BCUT2D eigenvalue weighted by Crippen LogP contribution is 2.59. The van der Waals surface area contributed by atoms with Gasteiger partial charge in [-0.25, -0.2) is 0 Å². The number of aromatic amines is 1. The molecule has 1 aliphatic carbocycles. The smallest absolute Gasteiger partial charge is 0.307 e. The summed E-state index contributed by atoms with van der Waals surface area (Å²) in [5.41, 5.74) is 2.27. The number of fused-ring (bicyclic) bond motifs is 1. The number of benzene rings is 1. The second-order valence-corrected chi connectivity index (χ2v) is 5.81. The van der Waals surface area contributed by atoms with Gasteiger partial charge in [-0.3, -0.25) is 4.79 Å². The molecule has 18 heavy (non-hydrogen) atoms. The van der Waals surface area contributed by atoms with Crippen LogP contribution in [0.25, 0.3) is 10.9 Å². The van der Waals surface area contributed by atoms with Crippen molar-refractivity contribution < 1.29 is 9.90 Å².